The van der Waals surface area contributed by atoms with Crippen molar-refractivity contribution >= 4 is 11.8 Å². The van der Waals surface area contributed by atoms with E-state index in [0.717, 1.165) is 0 Å². The lowest BCUT2D eigenvalue weighted by Gasteiger charge is -2.23. The van der Waals surface area contributed by atoms with Crippen molar-refractivity contribution in [3.05, 3.63) is 0 Å². The lowest BCUT2D eigenvalue weighted by atomic mass is 10.1. The van der Waals surface area contributed by atoms with Crippen LogP contribution in [0.25, 0.3) is 0 Å². The molecule has 0 aliphatic rings. The zero-order valence-electron chi connectivity index (χ0n) is 9.54. The number of carbonyl (C=O) groups is 2. The summed E-state index contributed by atoms with van der Waals surface area (Å²) in [6.07, 6.45) is 1.05. The summed E-state index contributed by atoms with van der Waals surface area (Å²) in [5.74, 6) is 4.74. The predicted molar refractivity (Wildman–Crippen MR) is 57.7 cm³/mol. The third-order valence-corrected chi connectivity index (χ3v) is 2.37. The molecule has 0 saturated carbocycles. The van der Waals surface area contributed by atoms with Gasteiger partial charge in [0.25, 0.3) is 0 Å². The molecule has 6 nitrogen and oxygen atoms in total. The maximum atomic E-state index is 11.1. The standard InChI is InChI=1S/C9H20N4O2/c1-7(4-5-8(14)12-10)13(3)6-9(15)11-2/h7H,4-6,10H2,1-3H3,(H,11,15)(H,12,14). The van der Waals surface area contributed by atoms with E-state index in [-0.39, 0.29) is 17.9 Å². The van der Waals surface area contributed by atoms with E-state index in [4.69, 9.17) is 5.84 Å². The van der Waals surface area contributed by atoms with Gasteiger partial charge < -0.3 is 5.32 Å². The van der Waals surface area contributed by atoms with E-state index in [1.54, 1.807) is 7.05 Å². The summed E-state index contributed by atoms with van der Waals surface area (Å²) in [5.41, 5.74) is 2.07. The fraction of sp³-hybridized carbons (Fsp3) is 0.778. The van der Waals surface area contributed by atoms with E-state index in [1.807, 2.05) is 18.9 Å². The first-order chi connectivity index (χ1) is 7.01. The number of nitrogens with two attached hydrogens (primary N) is 1. The molecule has 0 aliphatic heterocycles. The number of carbonyl (C=O) groups excluding carboxylic acids is 2. The summed E-state index contributed by atoms with van der Waals surface area (Å²) in [7, 11) is 3.45. The molecule has 4 N–H and O–H groups in total. The highest BCUT2D eigenvalue weighted by Gasteiger charge is 2.13. The van der Waals surface area contributed by atoms with Gasteiger partial charge in [0.05, 0.1) is 6.54 Å². The molecule has 88 valence electrons. The van der Waals surface area contributed by atoms with E-state index in [0.29, 0.717) is 19.4 Å². The predicted octanol–water partition coefficient (Wildman–Crippen LogP) is -1.18. The number of rotatable bonds is 6. The number of hydrogen-bond donors (Lipinski definition) is 3. The third kappa shape index (κ3) is 6.03. The van der Waals surface area contributed by atoms with Gasteiger partial charge in [-0.2, -0.15) is 0 Å². The molecule has 2 amide bonds. The first-order valence-corrected chi connectivity index (χ1v) is 4.91. The minimum atomic E-state index is -0.185. The molecule has 0 aliphatic carbocycles. The minimum Gasteiger partial charge on any atom is -0.358 e. The van der Waals surface area contributed by atoms with Crippen molar-refractivity contribution in [2.45, 2.75) is 25.8 Å². The SMILES string of the molecule is CNC(=O)CN(C)C(C)CCC(=O)NN. The molecular weight excluding hydrogens is 196 g/mol. The van der Waals surface area contributed by atoms with Crippen molar-refractivity contribution in [3.8, 4) is 0 Å². The Hall–Kier alpha value is -1.14. The van der Waals surface area contributed by atoms with Crippen LogP contribution in [0, 0.1) is 0 Å². The van der Waals surface area contributed by atoms with E-state index >= 15 is 0 Å². The average Bonchev–Trinajstić information content (AvgIpc) is 2.24. The summed E-state index contributed by atoms with van der Waals surface area (Å²) in [5, 5.41) is 2.55. The molecule has 0 heterocycles. The number of nitrogens with one attached hydrogen (secondary N) is 2. The lowest BCUT2D eigenvalue weighted by Crippen LogP contribution is -2.39. The Labute approximate surface area is 90.2 Å². The molecular formula is C9H20N4O2. The van der Waals surface area contributed by atoms with Crippen LogP contribution in [0.5, 0.6) is 0 Å². The van der Waals surface area contributed by atoms with Crippen LogP contribution in [-0.2, 0) is 9.59 Å². The zero-order valence-corrected chi connectivity index (χ0v) is 9.54. The molecule has 0 spiro atoms. The summed E-state index contributed by atoms with van der Waals surface area (Å²) in [6.45, 7) is 2.30. The molecule has 0 saturated heterocycles. The number of hydrazine groups is 1. The molecule has 1 unspecified atom stereocenters. The second-order valence-electron chi connectivity index (χ2n) is 3.54. The lowest BCUT2D eigenvalue weighted by molar-refractivity contribution is -0.122. The van der Waals surface area contributed by atoms with Crippen molar-refractivity contribution in [1.29, 1.82) is 0 Å². The van der Waals surface area contributed by atoms with E-state index < -0.39 is 0 Å². The molecule has 0 rings (SSSR count). The van der Waals surface area contributed by atoms with Crippen LogP contribution >= 0.6 is 0 Å². The number of nitrogens with zero attached hydrogens (tertiary/aromatic N) is 1. The molecule has 0 aromatic heterocycles. The van der Waals surface area contributed by atoms with Gasteiger partial charge in [-0.1, -0.05) is 0 Å². The molecule has 0 aromatic carbocycles. The van der Waals surface area contributed by atoms with Crippen LogP contribution < -0.4 is 16.6 Å². The normalized spacial score (nSPS) is 12.3. The monoisotopic (exact) mass is 216 g/mol. The van der Waals surface area contributed by atoms with Crippen LogP contribution in [0.1, 0.15) is 19.8 Å². The molecule has 0 aromatic rings. The second kappa shape index (κ2) is 7.19. The van der Waals surface area contributed by atoms with Gasteiger partial charge in [0.2, 0.25) is 11.8 Å². The summed E-state index contributed by atoms with van der Waals surface area (Å²) < 4.78 is 0. The average molecular weight is 216 g/mol. The van der Waals surface area contributed by atoms with E-state index in [1.165, 1.54) is 0 Å². The highest BCUT2D eigenvalue weighted by molar-refractivity contribution is 5.77. The van der Waals surface area contributed by atoms with E-state index in [2.05, 4.69) is 10.7 Å². The first kappa shape index (κ1) is 13.9. The van der Waals surface area contributed by atoms with Gasteiger partial charge in [0.15, 0.2) is 0 Å². The van der Waals surface area contributed by atoms with Gasteiger partial charge >= 0.3 is 0 Å². The van der Waals surface area contributed by atoms with Crippen LogP contribution in [0.2, 0.25) is 0 Å². The van der Waals surface area contributed by atoms with Crippen molar-refractivity contribution in [2.75, 3.05) is 20.6 Å². The number of likely N-dealkylation sites (N-methyl/N-ethyl adjacent to an activating group) is 2. The molecule has 1 atom stereocenters. The van der Waals surface area contributed by atoms with Crippen LogP contribution in [0.3, 0.4) is 0 Å². The van der Waals surface area contributed by atoms with Crippen LogP contribution in [0.15, 0.2) is 0 Å². The molecule has 15 heavy (non-hydrogen) atoms. The molecule has 0 bridgehead atoms. The van der Waals surface area contributed by atoms with Crippen molar-refractivity contribution in [2.24, 2.45) is 5.84 Å². The Bertz CT molecular complexity index is 220. The maximum Gasteiger partial charge on any atom is 0.233 e. The van der Waals surface area contributed by atoms with Gasteiger partial charge in [0, 0.05) is 19.5 Å². The zero-order chi connectivity index (χ0) is 11.8. The van der Waals surface area contributed by atoms with Crippen LogP contribution in [0.4, 0.5) is 0 Å². The maximum absolute atomic E-state index is 11.1. The Morgan fingerprint density at radius 3 is 2.47 bits per heavy atom. The third-order valence-electron chi connectivity index (χ3n) is 2.37. The van der Waals surface area contributed by atoms with Gasteiger partial charge in [-0.05, 0) is 20.4 Å². The molecule has 6 heteroatoms. The fourth-order valence-electron chi connectivity index (χ4n) is 1.09. The quantitative estimate of drug-likeness (QED) is 0.296. The minimum absolute atomic E-state index is 0.0346. The second-order valence-corrected chi connectivity index (χ2v) is 3.54. The van der Waals surface area contributed by atoms with Gasteiger partial charge in [0.1, 0.15) is 0 Å². The van der Waals surface area contributed by atoms with Crippen LogP contribution in [-0.4, -0.2) is 43.4 Å². The Kier molecular flexibility index (Phi) is 6.64. The summed E-state index contributed by atoms with van der Waals surface area (Å²) in [6, 6.07) is 0.166. The highest BCUT2D eigenvalue weighted by atomic mass is 16.2. The largest absolute Gasteiger partial charge is 0.358 e. The topological polar surface area (TPSA) is 87.5 Å². The van der Waals surface area contributed by atoms with Crippen molar-refractivity contribution in [3.63, 3.8) is 0 Å². The van der Waals surface area contributed by atoms with Gasteiger partial charge in [-0.3, -0.25) is 19.9 Å². The molecule has 0 fully saturated rings. The van der Waals surface area contributed by atoms with Gasteiger partial charge in [-0.15, -0.1) is 0 Å². The fourth-order valence-corrected chi connectivity index (χ4v) is 1.09. The van der Waals surface area contributed by atoms with Crippen molar-refractivity contribution < 1.29 is 9.59 Å². The summed E-state index contributed by atoms with van der Waals surface area (Å²) >= 11 is 0. The number of amides is 2. The summed E-state index contributed by atoms with van der Waals surface area (Å²) in [4.78, 5) is 23.8. The van der Waals surface area contributed by atoms with Crippen molar-refractivity contribution in [1.82, 2.24) is 15.6 Å². The Morgan fingerprint density at radius 2 is 2.00 bits per heavy atom. The Morgan fingerprint density at radius 1 is 1.40 bits per heavy atom. The first-order valence-electron chi connectivity index (χ1n) is 4.91. The van der Waals surface area contributed by atoms with E-state index in [9.17, 15) is 9.59 Å². The number of hydrogen-bond acceptors (Lipinski definition) is 4. The highest BCUT2D eigenvalue weighted by Crippen LogP contribution is 2.03. The Balaban J connectivity index is 3.83. The van der Waals surface area contributed by atoms with Gasteiger partial charge in [-0.25, -0.2) is 5.84 Å². The molecule has 0 radical (unpaired) electrons. The smallest absolute Gasteiger partial charge is 0.233 e.